The molecule has 0 bridgehead atoms. The lowest BCUT2D eigenvalue weighted by Crippen LogP contribution is -2.51. The molecule has 1 aliphatic heterocycles. The second-order valence-electron chi connectivity index (χ2n) is 10.1. The Kier molecular flexibility index (Phi) is 7.64. The molecule has 2 aromatic carbocycles. The maximum Gasteiger partial charge on any atom is 0.179 e. The van der Waals surface area contributed by atoms with E-state index in [1.54, 1.807) is 6.07 Å². The number of nitrogens with one attached hydrogen (secondary N) is 1. The number of hydrogen-bond acceptors (Lipinski definition) is 2. The van der Waals surface area contributed by atoms with Gasteiger partial charge in [-0.1, -0.05) is 93.1 Å². The number of anilines is 1. The zero-order valence-corrected chi connectivity index (χ0v) is 22.8. The van der Waals surface area contributed by atoms with Gasteiger partial charge in [-0.05, 0) is 72.4 Å². The fraction of sp³-hybridized carbons (Fsp3) is 0.407. The van der Waals surface area contributed by atoms with Crippen LogP contribution in [-0.2, 0) is 0 Å². The average molecular weight is 535 g/mol. The highest BCUT2D eigenvalue weighted by Gasteiger charge is 2.50. The highest BCUT2D eigenvalue weighted by atomic mass is 35.5. The Morgan fingerprint density at radius 2 is 1.65 bits per heavy atom. The van der Waals surface area contributed by atoms with Gasteiger partial charge in [0.1, 0.15) is 11.4 Å². The lowest BCUT2D eigenvalue weighted by Gasteiger charge is -2.41. The van der Waals surface area contributed by atoms with E-state index in [9.17, 15) is 0 Å². The number of amidine groups is 1. The molecule has 2 fully saturated rings. The summed E-state index contributed by atoms with van der Waals surface area (Å²) in [6.45, 7) is 6.61. The molecule has 0 radical (unpaired) electrons. The van der Waals surface area contributed by atoms with Crippen molar-refractivity contribution in [3.63, 3.8) is 0 Å². The number of benzene rings is 2. The molecule has 180 valence electrons. The molecule has 1 N–H and O–H groups in total. The van der Waals surface area contributed by atoms with Crippen LogP contribution in [0.3, 0.4) is 0 Å². The molecular formula is C27H30Cl3N3S. The molecule has 3 nitrogen and oxygen atoms in total. The Labute approximate surface area is 223 Å². The molecule has 0 amide bonds. The van der Waals surface area contributed by atoms with Gasteiger partial charge in [0.15, 0.2) is 5.11 Å². The Morgan fingerprint density at radius 1 is 1.00 bits per heavy atom. The minimum Gasteiger partial charge on any atom is -0.319 e. The fourth-order valence-corrected chi connectivity index (χ4v) is 5.75. The van der Waals surface area contributed by atoms with Crippen LogP contribution >= 0.6 is 47.0 Å². The van der Waals surface area contributed by atoms with Crippen molar-refractivity contribution in [2.45, 2.75) is 64.5 Å². The summed E-state index contributed by atoms with van der Waals surface area (Å²) in [5.41, 5.74) is 1.60. The van der Waals surface area contributed by atoms with Gasteiger partial charge in [0.2, 0.25) is 0 Å². The van der Waals surface area contributed by atoms with E-state index in [1.165, 1.54) is 6.42 Å². The van der Waals surface area contributed by atoms with Gasteiger partial charge in [0, 0.05) is 20.8 Å². The number of aliphatic imine (C=N–C) groups is 1. The lowest BCUT2D eigenvalue weighted by atomic mass is 9.79. The highest BCUT2D eigenvalue weighted by Crippen LogP contribution is 2.42. The average Bonchev–Trinajstić information content (AvgIpc) is 3.03. The molecule has 2 aromatic rings. The van der Waals surface area contributed by atoms with Gasteiger partial charge >= 0.3 is 0 Å². The van der Waals surface area contributed by atoms with Crippen LogP contribution in [0.5, 0.6) is 0 Å². The second kappa shape index (κ2) is 10.2. The van der Waals surface area contributed by atoms with Crippen LogP contribution in [-0.4, -0.2) is 22.5 Å². The third-order valence-corrected chi connectivity index (χ3v) is 7.74. The predicted molar refractivity (Wildman–Crippen MR) is 152 cm³/mol. The molecular weight excluding hydrogens is 505 g/mol. The van der Waals surface area contributed by atoms with E-state index in [2.05, 4.69) is 37.1 Å². The third-order valence-electron chi connectivity index (χ3n) is 6.64. The van der Waals surface area contributed by atoms with E-state index in [-0.39, 0.29) is 17.0 Å². The first-order chi connectivity index (χ1) is 16.1. The maximum atomic E-state index is 6.41. The third kappa shape index (κ3) is 5.31. The number of thiocarbonyl (C=S) groups is 1. The van der Waals surface area contributed by atoms with E-state index in [1.807, 2.05) is 42.5 Å². The van der Waals surface area contributed by atoms with Crippen LogP contribution < -0.4 is 10.2 Å². The molecule has 1 heterocycles. The molecule has 0 aromatic heterocycles. The largest absolute Gasteiger partial charge is 0.319 e. The van der Waals surface area contributed by atoms with Gasteiger partial charge in [0.05, 0.1) is 6.04 Å². The highest BCUT2D eigenvalue weighted by molar-refractivity contribution is 7.80. The van der Waals surface area contributed by atoms with Crippen LogP contribution in [0.1, 0.15) is 58.4 Å². The summed E-state index contributed by atoms with van der Waals surface area (Å²) in [5, 5.41) is 6.16. The molecule has 1 aliphatic carbocycles. The Bertz CT molecular complexity index is 1110. The normalized spacial score (nSPS) is 20.4. The molecule has 34 heavy (non-hydrogen) atoms. The summed E-state index contributed by atoms with van der Waals surface area (Å²) in [7, 11) is 0. The smallest absolute Gasteiger partial charge is 0.179 e. The van der Waals surface area contributed by atoms with Crippen LogP contribution in [0.15, 0.2) is 53.5 Å². The summed E-state index contributed by atoms with van der Waals surface area (Å²) < 4.78 is 0. The molecule has 1 spiro atoms. The Morgan fingerprint density at radius 3 is 2.26 bits per heavy atom. The van der Waals surface area contributed by atoms with Gasteiger partial charge in [0.25, 0.3) is 0 Å². The second-order valence-corrected chi connectivity index (χ2v) is 11.8. The topological polar surface area (TPSA) is 27.6 Å². The van der Waals surface area contributed by atoms with Crippen molar-refractivity contribution in [2.24, 2.45) is 10.4 Å². The van der Waals surface area contributed by atoms with Crippen molar-refractivity contribution in [2.75, 3.05) is 4.90 Å². The minimum atomic E-state index is -0.265. The number of nitrogens with zero attached hydrogens (tertiary/aromatic N) is 2. The SMILES string of the molecule is CC(C)(C)C(C=Cc1ccc(Cl)cc1Cl)N=C1NC(=S)N(c2ccc(Cl)cc2)C12CCCCC2. The van der Waals surface area contributed by atoms with Gasteiger partial charge in [-0.15, -0.1) is 0 Å². The predicted octanol–water partition coefficient (Wildman–Crippen LogP) is 8.57. The molecule has 7 heteroatoms. The zero-order valence-electron chi connectivity index (χ0n) is 19.7. The zero-order chi connectivity index (χ0) is 24.5. The van der Waals surface area contributed by atoms with E-state index >= 15 is 0 Å². The summed E-state index contributed by atoms with van der Waals surface area (Å²) in [6.07, 6.45) is 9.70. The van der Waals surface area contributed by atoms with Crippen molar-refractivity contribution in [3.8, 4) is 0 Å². The quantitative estimate of drug-likeness (QED) is 0.398. The van der Waals surface area contributed by atoms with Crippen molar-refractivity contribution in [1.82, 2.24) is 5.32 Å². The monoisotopic (exact) mass is 533 g/mol. The van der Waals surface area contributed by atoms with Gasteiger partial charge in [-0.25, -0.2) is 0 Å². The van der Waals surface area contributed by atoms with Crippen molar-refractivity contribution >= 4 is 69.7 Å². The molecule has 1 saturated carbocycles. The molecule has 4 rings (SSSR count). The molecule has 1 saturated heterocycles. The Hall–Kier alpha value is -1.59. The fourth-order valence-electron chi connectivity index (χ4n) is 4.77. The number of rotatable bonds is 4. The standard InChI is InChI=1S/C27H30Cl3N3S/c1-26(2,3)23(14-8-18-7-9-20(29)17-22(18)30)31-24-27(15-5-4-6-16-27)33(25(34)32-24)21-12-10-19(28)11-13-21/h7-14,17,23H,4-6,15-16H2,1-3H3,(H,31,32,34). The molecule has 1 atom stereocenters. The first-order valence-electron chi connectivity index (χ1n) is 11.7. The van der Waals surface area contributed by atoms with Crippen LogP contribution in [0.2, 0.25) is 15.1 Å². The van der Waals surface area contributed by atoms with E-state index in [0.29, 0.717) is 20.2 Å². The van der Waals surface area contributed by atoms with Gasteiger partial charge in [-0.3, -0.25) is 4.99 Å². The summed E-state index contributed by atoms with van der Waals surface area (Å²) in [6, 6.07) is 13.4. The summed E-state index contributed by atoms with van der Waals surface area (Å²) in [4.78, 5) is 7.58. The van der Waals surface area contributed by atoms with Crippen molar-refractivity contribution in [1.29, 1.82) is 0 Å². The van der Waals surface area contributed by atoms with E-state index in [4.69, 9.17) is 52.0 Å². The van der Waals surface area contributed by atoms with Crippen LogP contribution in [0.25, 0.3) is 6.08 Å². The van der Waals surface area contributed by atoms with Crippen molar-refractivity contribution < 1.29 is 0 Å². The summed E-state index contributed by atoms with van der Waals surface area (Å²) >= 11 is 24.5. The minimum absolute atomic E-state index is 0.0754. The lowest BCUT2D eigenvalue weighted by molar-refractivity contribution is 0.357. The Balaban J connectivity index is 1.74. The number of halogens is 3. The molecule has 1 unspecified atom stereocenters. The van der Waals surface area contributed by atoms with Crippen molar-refractivity contribution in [3.05, 3.63) is 69.2 Å². The maximum absolute atomic E-state index is 6.41. The van der Waals surface area contributed by atoms with Gasteiger partial charge in [-0.2, -0.15) is 0 Å². The van der Waals surface area contributed by atoms with E-state index < -0.39 is 0 Å². The van der Waals surface area contributed by atoms with E-state index in [0.717, 1.165) is 42.8 Å². The van der Waals surface area contributed by atoms with Crippen LogP contribution in [0, 0.1) is 5.41 Å². The van der Waals surface area contributed by atoms with Crippen LogP contribution in [0.4, 0.5) is 5.69 Å². The summed E-state index contributed by atoms with van der Waals surface area (Å²) in [5.74, 6) is 0.957. The first kappa shape index (κ1) is 25.5. The van der Waals surface area contributed by atoms with Gasteiger partial charge < -0.3 is 10.2 Å². The first-order valence-corrected chi connectivity index (χ1v) is 13.2. The number of hydrogen-bond donors (Lipinski definition) is 1. The molecule has 2 aliphatic rings.